The molecule has 4 heteroatoms. The summed E-state index contributed by atoms with van der Waals surface area (Å²) in [6, 6.07) is -0.377. The molecule has 0 aromatic heterocycles. The number of alkyl halides is 3. The molecule has 102 valence electrons. The van der Waals surface area contributed by atoms with Gasteiger partial charge in [-0.05, 0) is 31.2 Å². The number of nitrogens with one attached hydrogen (secondary N) is 1. The van der Waals surface area contributed by atoms with E-state index in [1.807, 2.05) is 6.92 Å². The van der Waals surface area contributed by atoms with Crippen LogP contribution in [0.25, 0.3) is 0 Å². The Balaban J connectivity index is 2.48. The van der Waals surface area contributed by atoms with Gasteiger partial charge in [-0.2, -0.15) is 13.2 Å². The standard InChI is InChI=1S/C13H24F3N/c1-3-10-5-7-11(8-6-10)12(17-4-2)9-13(14,15)16/h10-12,17H,3-9H2,1-2H3. The highest BCUT2D eigenvalue weighted by Crippen LogP contribution is 2.35. The van der Waals surface area contributed by atoms with Crippen LogP contribution in [-0.2, 0) is 0 Å². The number of hydrogen-bond donors (Lipinski definition) is 1. The summed E-state index contributed by atoms with van der Waals surface area (Å²) in [6.45, 7) is 4.66. The quantitative estimate of drug-likeness (QED) is 0.774. The van der Waals surface area contributed by atoms with Crippen molar-refractivity contribution in [1.29, 1.82) is 0 Å². The lowest BCUT2D eigenvalue weighted by Gasteiger charge is -2.34. The number of halogens is 3. The van der Waals surface area contributed by atoms with E-state index in [0.29, 0.717) is 6.54 Å². The van der Waals surface area contributed by atoms with Gasteiger partial charge in [-0.3, -0.25) is 0 Å². The minimum absolute atomic E-state index is 0.208. The predicted octanol–water partition coefficient (Wildman–Crippen LogP) is 4.13. The van der Waals surface area contributed by atoms with Crippen molar-refractivity contribution in [2.75, 3.05) is 6.54 Å². The van der Waals surface area contributed by atoms with Gasteiger partial charge in [0.15, 0.2) is 0 Å². The van der Waals surface area contributed by atoms with Gasteiger partial charge in [0, 0.05) is 6.04 Å². The molecule has 0 saturated heterocycles. The fourth-order valence-electron chi connectivity index (χ4n) is 2.92. The van der Waals surface area contributed by atoms with Gasteiger partial charge in [0.1, 0.15) is 0 Å². The Morgan fingerprint density at radius 1 is 1.12 bits per heavy atom. The van der Waals surface area contributed by atoms with E-state index in [0.717, 1.165) is 38.0 Å². The molecule has 1 N–H and O–H groups in total. The van der Waals surface area contributed by atoms with Gasteiger partial charge in [-0.1, -0.05) is 33.1 Å². The molecule has 1 atom stereocenters. The highest BCUT2D eigenvalue weighted by atomic mass is 19.4. The maximum atomic E-state index is 12.5. The Bertz CT molecular complexity index is 207. The Labute approximate surface area is 102 Å². The third-order valence-corrected chi connectivity index (χ3v) is 3.96. The average Bonchev–Trinajstić information content (AvgIpc) is 2.27. The fourth-order valence-corrected chi connectivity index (χ4v) is 2.92. The summed E-state index contributed by atoms with van der Waals surface area (Å²) < 4.78 is 37.5. The van der Waals surface area contributed by atoms with Gasteiger partial charge in [-0.25, -0.2) is 0 Å². The minimum Gasteiger partial charge on any atom is -0.314 e. The first-order valence-corrected chi connectivity index (χ1v) is 6.76. The van der Waals surface area contributed by atoms with Crippen LogP contribution in [0, 0.1) is 11.8 Å². The number of hydrogen-bond acceptors (Lipinski definition) is 1. The highest BCUT2D eigenvalue weighted by molar-refractivity contribution is 4.83. The lowest BCUT2D eigenvalue weighted by molar-refractivity contribution is -0.143. The van der Waals surface area contributed by atoms with Crippen LogP contribution in [0.15, 0.2) is 0 Å². The molecule has 0 aliphatic heterocycles. The first kappa shape index (κ1) is 14.8. The van der Waals surface area contributed by atoms with E-state index in [9.17, 15) is 13.2 Å². The summed E-state index contributed by atoms with van der Waals surface area (Å²) in [6.07, 6.45) is 0.537. The molecule has 17 heavy (non-hydrogen) atoms. The second kappa shape index (κ2) is 6.62. The topological polar surface area (TPSA) is 12.0 Å². The SMILES string of the molecule is CCNC(CC(F)(F)F)C1CCC(CC)CC1. The van der Waals surface area contributed by atoms with E-state index in [1.54, 1.807) is 0 Å². The average molecular weight is 251 g/mol. The molecule has 0 spiro atoms. The summed E-state index contributed by atoms with van der Waals surface area (Å²) >= 11 is 0. The lowest BCUT2D eigenvalue weighted by Crippen LogP contribution is -2.41. The van der Waals surface area contributed by atoms with Crippen LogP contribution in [0.1, 0.15) is 52.4 Å². The zero-order valence-electron chi connectivity index (χ0n) is 10.8. The van der Waals surface area contributed by atoms with Crippen LogP contribution in [-0.4, -0.2) is 18.8 Å². The molecule has 0 aromatic rings. The van der Waals surface area contributed by atoms with Crippen molar-refractivity contribution in [1.82, 2.24) is 5.32 Å². The lowest BCUT2D eigenvalue weighted by atomic mass is 9.77. The zero-order chi connectivity index (χ0) is 12.9. The normalized spacial score (nSPS) is 28.1. The molecule has 0 radical (unpaired) electrons. The van der Waals surface area contributed by atoms with Gasteiger partial charge in [0.05, 0.1) is 6.42 Å². The molecule has 0 aromatic carbocycles. The highest BCUT2D eigenvalue weighted by Gasteiger charge is 2.36. The maximum Gasteiger partial charge on any atom is 0.390 e. The molecule has 1 aliphatic carbocycles. The monoisotopic (exact) mass is 251 g/mol. The molecule has 0 heterocycles. The van der Waals surface area contributed by atoms with E-state index >= 15 is 0 Å². The second-order valence-corrected chi connectivity index (χ2v) is 5.17. The van der Waals surface area contributed by atoms with Crippen molar-refractivity contribution in [2.45, 2.75) is 64.6 Å². The van der Waals surface area contributed by atoms with Crippen LogP contribution in [0.2, 0.25) is 0 Å². The minimum atomic E-state index is -4.05. The molecular formula is C13H24F3N. The second-order valence-electron chi connectivity index (χ2n) is 5.17. The summed E-state index contributed by atoms with van der Waals surface area (Å²) in [7, 11) is 0. The van der Waals surface area contributed by atoms with Crippen LogP contribution in [0.3, 0.4) is 0 Å². The largest absolute Gasteiger partial charge is 0.390 e. The molecule has 1 aliphatic rings. The van der Waals surface area contributed by atoms with Gasteiger partial charge < -0.3 is 5.32 Å². The molecule has 1 unspecified atom stereocenters. The van der Waals surface area contributed by atoms with Gasteiger partial charge in [0.2, 0.25) is 0 Å². The van der Waals surface area contributed by atoms with E-state index in [4.69, 9.17) is 0 Å². The first-order valence-electron chi connectivity index (χ1n) is 6.76. The fraction of sp³-hybridized carbons (Fsp3) is 1.00. The van der Waals surface area contributed by atoms with E-state index in [1.165, 1.54) is 0 Å². The van der Waals surface area contributed by atoms with Crippen molar-refractivity contribution in [3.05, 3.63) is 0 Å². The Morgan fingerprint density at radius 2 is 1.71 bits per heavy atom. The number of rotatable bonds is 5. The third kappa shape index (κ3) is 5.28. The van der Waals surface area contributed by atoms with E-state index in [2.05, 4.69) is 12.2 Å². The molecule has 1 saturated carbocycles. The van der Waals surface area contributed by atoms with Crippen molar-refractivity contribution >= 4 is 0 Å². The third-order valence-electron chi connectivity index (χ3n) is 3.96. The maximum absolute atomic E-state index is 12.5. The molecule has 1 nitrogen and oxygen atoms in total. The predicted molar refractivity (Wildman–Crippen MR) is 63.9 cm³/mol. The summed E-state index contributed by atoms with van der Waals surface area (Å²) in [5, 5.41) is 3.02. The Hall–Kier alpha value is -0.250. The van der Waals surface area contributed by atoms with Crippen molar-refractivity contribution in [3.63, 3.8) is 0 Å². The van der Waals surface area contributed by atoms with Crippen molar-refractivity contribution in [2.24, 2.45) is 11.8 Å². The van der Waals surface area contributed by atoms with Gasteiger partial charge >= 0.3 is 6.18 Å². The molecule has 1 rings (SSSR count). The van der Waals surface area contributed by atoms with Crippen LogP contribution >= 0.6 is 0 Å². The first-order chi connectivity index (χ1) is 7.96. The summed E-state index contributed by atoms with van der Waals surface area (Å²) in [5.74, 6) is 0.943. The van der Waals surface area contributed by atoms with E-state index in [-0.39, 0.29) is 12.0 Å². The summed E-state index contributed by atoms with van der Waals surface area (Å²) in [4.78, 5) is 0. The smallest absolute Gasteiger partial charge is 0.314 e. The van der Waals surface area contributed by atoms with Crippen LogP contribution < -0.4 is 5.32 Å². The molecule has 1 fully saturated rings. The van der Waals surface area contributed by atoms with E-state index < -0.39 is 12.6 Å². The van der Waals surface area contributed by atoms with Crippen LogP contribution in [0.4, 0.5) is 13.2 Å². The van der Waals surface area contributed by atoms with Crippen molar-refractivity contribution < 1.29 is 13.2 Å². The van der Waals surface area contributed by atoms with Crippen molar-refractivity contribution in [3.8, 4) is 0 Å². The van der Waals surface area contributed by atoms with Gasteiger partial charge in [-0.15, -0.1) is 0 Å². The molecule has 0 amide bonds. The summed E-state index contributed by atoms with van der Waals surface area (Å²) in [5.41, 5.74) is 0. The van der Waals surface area contributed by atoms with Gasteiger partial charge in [0.25, 0.3) is 0 Å². The Kier molecular flexibility index (Phi) is 5.77. The van der Waals surface area contributed by atoms with Crippen LogP contribution in [0.5, 0.6) is 0 Å². The Morgan fingerprint density at radius 3 is 2.12 bits per heavy atom. The zero-order valence-corrected chi connectivity index (χ0v) is 10.8. The molecular weight excluding hydrogens is 227 g/mol. The molecule has 0 bridgehead atoms.